The Morgan fingerprint density at radius 3 is 2.83 bits per heavy atom. The zero-order chi connectivity index (χ0) is 12.4. The van der Waals surface area contributed by atoms with E-state index in [0.29, 0.717) is 6.04 Å². The fourth-order valence-electron chi connectivity index (χ4n) is 2.58. The third-order valence-electron chi connectivity index (χ3n) is 3.79. The fourth-order valence-corrected chi connectivity index (χ4v) is 3.30. The molecule has 1 saturated carbocycles. The summed E-state index contributed by atoms with van der Waals surface area (Å²) in [5.74, 6) is 0.951. The number of anilines is 1. The fraction of sp³-hybridized carbons (Fsp3) is 0.833. The molecule has 2 heterocycles. The van der Waals surface area contributed by atoms with Crippen molar-refractivity contribution in [2.75, 3.05) is 31.6 Å². The molecule has 18 heavy (non-hydrogen) atoms. The van der Waals surface area contributed by atoms with Gasteiger partial charge in [-0.1, -0.05) is 6.92 Å². The Morgan fingerprint density at radius 2 is 2.17 bits per heavy atom. The molecule has 1 aromatic heterocycles. The highest BCUT2D eigenvalue weighted by molar-refractivity contribution is 7.09. The van der Waals surface area contributed by atoms with Crippen molar-refractivity contribution in [3.63, 3.8) is 0 Å². The molecule has 0 unspecified atom stereocenters. The molecule has 1 aliphatic heterocycles. The second kappa shape index (κ2) is 5.50. The van der Waals surface area contributed by atoms with Crippen molar-refractivity contribution in [1.82, 2.24) is 14.3 Å². The predicted molar refractivity (Wildman–Crippen MR) is 72.1 cm³/mol. The molecule has 0 atom stereocenters. The molecule has 0 spiro atoms. The quantitative estimate of drug-likeness (QED) is 0.894. The number of aryl methyl sites for hydroxylation is 1. The number of aromatic nitrogens is 2. The van der Waals surface area contributed by atoms with Crippen LogP contribution in [0.5, 0.6) is 0 Å². The lowest BCUT2D eigenvalue weighted by molar-refractivity contribution is -0.00436. The second-order valence-electron chi connectivity index (χ2n) is 4.98. The predicted octanol–water partition coefficient (Wildman–Crippen LogP) is 1.38. The van der Waals surface area contributed by atoms with Gasteiger partial charge in [-0.25, -0.2) is 4.98 Å². The summed E-state index contributed by atoms with van der Waals surface area (Å²) in [7, 11) is 0. The van der Waals surface area contributed by atoms with E-state index in [1.165, 1.54) is 24.4 Å². The maximum Gasteiger partial charge on any atom is 0.202 e. The first kappa shape index (κ1) is 12.3. The highest BCUT2D eigenvalue weighted by atomic mass is 32.1. The monoisotopic (exact) mass is 268 g/mol. The summed E-state index contributed by atoms with van der Waals surface area (Å²) >= 11 is 1.48. The van der Waals surface area contributed by atoms with Gasteiger partial charge in [0, 0.05) is 43.1 Å². The number of morpholine rings is 1. The van der Waals surface area contributed by atoms with Gasteiger partial charge in [0.15, 0.2) is 0 Å². The van der Waals surface area contributed by atoms with Gasteiger partial charge < -0.3 is 10.1 Å². The summed E-state index contributed by atoms with van der Waals surface area (Å²) in [6, 6.07) is 1.32. The van der Waals surface area contributed by atoms with Crippen LogP contribution < -0.4 is 5.32 Å². The number of ether oxygens (including phenoxy) is 1. The minimum absolute atomic E-state index is 0.579. The number of nitrogens with one attached hydrogen (secondary N) is 1. The molecule has 3 rings (SSSR count). The minimum Gasteiger partial charge on any atom is -0.379 e. The van der Waals surface area contributed by atoms with Gasteiger partial charge in [0.25, 0.3) is 0 Å². The third kappa shape index (κ3) is 2.65. The molecule has 1 aromatic rings. The molecule has 1 aliphatic carbocycles. The van der Waals surface area contributed by atoms with Gasteiger partial charge in [-0.15, -0.1) is 0 Å². The first-order valence-electron chi connectivity index (χ1n) is 6.76. The molecule has 0 aromatic carbocycles. The normalized spacial score (nSPS) is 28.9. The van der Waals surface area contributed by atoms with E-state index in [1.54, 1.807) is 0 Å². The molecule has 6 heteroatoms. The van der Waals surface area contributed by atoms with Crippen molar-refractivity contribution >= 4 is 16.7 Å². The molecule has 1 saturated heterocycles. The van der Waals surface area contributed by atoms with E-state index in [1.807, 2.05) is 0 Å². The molecule has 0 bridgehead atoms. The van der Waals surface area contributed by atoms with E-state index >= 15 is 0 Å². The van der Waals surface area contributed by atoms with Crippen molar-refractivity contribution in [3.05, 3.63) is 5.82 Å². The summed E-state index contributed by atoms with van der Waals surface area (Å²) in [5.41, 5.74) is 0. The van der Waals surface area contributed by atoms with Crippen LogP contribution in [0.15, 0.2) is 0 Å². The van der Waals surface area contributed by atoms with Gasteiger partial charge in [0.05, 0.1) is 13.2 Å². The first-order valence-corrected chi connectivity index (χ1v) is 7.53. The number of nitrogens with zero attached hydrogens (tertiary/aromatic N) is 3. The largest absolute Gasteiger partial charge is 0.379 e. The van der Waals surface area contributed by atoms with Gasteiger partial charge >= 0.3 is 0 Å². The standard InChI is InChI=1S/C12H20N4OS/c1-2-11-14-12(18-15-11)13-9-7-10(8-9)16-3-5-17-6-4-16/h9-10H,2-8H2,1H3,(H,13,14,15). The van der Waals surface area contributed by atoms with E-state index in [2.05, 4.69) is 26.5 Å². The van der Waals surface area contributed by atoms with Crippen LogP contribution in [0, 0.1) is 0 Å². The van der Waals surface area contributed by atoms with Gasteiger partial charge in [-0.05, 0) is 12.8 Å². The number of hydrogen-bond donors (Lipinski definition) is 1. The molecule has 2 aliphatic rings. The van der Waals surface area contributed by atoms with Gasteiger partial charge in [-0.2, -0.15) is 4.37 Å². The van der Waals surface area contributed by atoms with E-state index in [-0.39, 0.29) is 0 Å². The Hall–Kier alpha value is -0.720. The summed E-state index contributed by atoms with van der Waals surface area (Å²) in [6.07, 6.45) is 3.36. The molecular weight excluding hydrogens is 248 g/mol. The minimum atomic E-state index is 0.579. The zero-order valence-electron chi connectivity index (χ0n) is 10.8. The highest BCUT2D eigenvalue weighted by Crippen LogP contribution is 2.29. The molecule has 2 fully saturated rings. The van der Waals surface area contributed by atoms with Crippen molar-refractivity contribution < 1.29 is 4.74 Å². The lowest BCUT2D eigenvalue weighted by Gasteiger charge is -2.44. The molecule has 0 radical (unpaired) electrons. The Labute approximate surface area is 112 Å². The maximum atomic E-state index is 5.38. The van der Waals surface area contributed by atoms with Crippen LogP contribution in [-0.4, -0.2) is 52.6 Å². The maximum absolute atomic E-state index is 5.38. The van der Waals surface area contributed by atoms with E-state index < -0.39 is 0 Å². The average Bonchev–Trinajstić information content (AvgIpc) is 2.82. The number of hydrogen-bond acceptors (Lipinski definition) is 6. The van der Waals surface area contributed by atoms with E-state index in [0.717, 1.165) is 49.7 Å². The van der Waals surface area contributed by atoms with E-state index in [4.69, 9.17) is 4.74 Å². The van der Waals surface area contributed by atoms with Crippen molar-refractivity contribution in [2.24, 2.45) is 0 Å². The topological polar surface area (TPSA) is 50.3 Å². The van der Waals surface area contributed by atoms with E-state index in [9.17, 15) is 0 Å². The van der Waals surface area contributed by atoms with Crippen molar-refractivity contribution in [2.45, 2.75) is 38.3 Å². The summed E-state index contributed by atoms with van der Waals surface area (Å²) in [5, 5.41) is 4.47. The molecule has 100 valence electrons. The van der Waals surface area contributed by atoms with Crippen molar-refractivity contribution in [1.29, 1.82) is 0 Å². The molecule has 5 nitrogen and oxygen atoms in total. The van der Waals surface area contributed by atoms with Crippen LogP contribution in [0.2, 0.25) is 0 Å². The van der Waals surface area contributed by atoms with Crippen LogP contribution >= 0.6 is 11.5 Å². The van der Waals surface area contributed by atoms with Crippen LogP contribution in [0.25, 0.3) is 0 Å². The average molecular weight is 268 g/mol. The Kier molecular flexibility index (Phi) is 3.77. The zero-order valence-corrected chi connectivity index (χ0v) is 11.6. The third-order valence-corrected chi connectivity index (χ3v) is 4.47. The lowest BCUT2D eigenvalue weighted by atomic mass is 9.85. The van der Waals surface area contributed by atoms with Crippen LogP contribution in [0.3, 0.4) is 0 Å². The summed E-state index contributed by atoms with van der Waals surface area (Å²) < 4.78 is 9.68. The highest BCUT2D eigenvalue weighted by Gasteiger charge is 2.34. The van der Waals surface area contributed by atoms with Crippen LogP contribution in [0.1, 0.15) is 25.6 Å². The van der Waals surface area contributed by atoms with Gasteiger partial charge in [0.1, 0.15) is 5.82 Å². The summed E-state index contributed by atoms with van der Waals surface area (Å²) in [6.45, 7) is 6.06. The molecule has 1 N–H and O–H groups in total. The molecular formula is C12H20N4OS. The first-order chi connectivity index (χ1) is 8.85. The second-order valence-corrected chi connectivity index (χ2v) is 5.74. The number of rotatable bonds is 4. The Morgan fingerprint density at radius 1 is 1.39 bits per heavy atom. The lowest BCUT2D eigenvalue weighted by Crippen LogP contribution is -2.53. The van der Waals surface area contributed by atoms with Gasteiger partial charge in [-0.3, -0.25) is 4.90 Å². The Bertz CT molecular complexity index is 385. The van der Waals surface area contributed by atoms with Crippen LogP contribution in [-0.2, 0) is 11.2 Å². The molecule has 0 amide bonds. The summed E-state index contributed by atoms with van der Waals surface area (Å²) in [4.78, 5) is 7.01. The Balaban J connectivity index is 1.44. The smallest absolute Gasteiger partial charge is 0.202 e. The van der Waals surface area contributed by atoms with Gasteiger partial charge in [0.2, 0.25) is 5.13 Å². The SMILES string of the molecule is CCc1nsc(NC2CC(N3CCOCC3)C2)n1. The van der Waals surface area contributed by atoms with Crippen molar-refractivity contribution in [3.8, 4) is 0 Å². The van der Waals surface area contributed by atoms with Crippen LogP contribution in [0.4, 0.5) is 5.13 Å².